The van der Waals surface area contributed by atoms with E-state index in [-0.39, 0.29) is 0 Å². The topological polar surface area (TPSA) is 30.5 Å². The molecular formula is C14H23NO2. The van der Waals surface area contributed by atoms with E-state index >= 15 is 0 Å². The molecule has 1 unspecified atom stereocenters. The summed E-state index contributed by atoms with van der Waals surface area (Å²) in [4.78, 5) is 0. The van der Waals surface area contributed by atoms with Crippen molar-refractivity contribution in [1.29, 1.82) is 0 Å². The van der Waals surface area contributed by atoms with E-state index in [1.165, 1.54) is 0 Å². The molecule has 3 heteroatoms. The van der Waals surface area contributed by atoms with Crippen molar-refractivity contribution in [2.24, 2.45) is 0 Å². The van der Waals surface area contributed by atoms with Gasteiger partial charge in [-0.2, -0.15) is 0 Å². The first-order valence-corrected chi connectivity index (χ1v) is 6.24. The van der Waals surface area contributed by atoms with E-state index in [0.717, 1.165) is 24.3 Å². The van der Waals surface area contributed by atoms with Crippen LogP contribution in [-0.2, 0) is 11.3 Å². The van der Waals surface area contributed by atoms with Gasteiger partial charge >= 0.3 is 0 Å². The average Bonchev–Trinajstić information content (AvgIpc) is 2.35. The van der Waals surface area contributed by atoms with Crippen LogP contribution in [0.25, 0.3) is 0 Å². The lowest BCUT2D eigenvalue weighted by molar-refractivity contribution is 0.184. The molecule has 3 nitrogen and oxygen atoms in total. The number of hydrogen-bond acceptors (Lipinski definition) is 3. The van der Waals surface area contributed by atoms with Crippen LogP contribution < -0.4 is 10.1 Å². The zero-order valence-electron chi connectivity index (χ0n) is 11.0. The van der Waals surface area contributed by atoms with E-state index in [1.54, 1.807) is 7.11 Å². The first-order chi connectivity index (χ1) is 8.30. The van der Waals surface area contributed by atoms with Gasteiger partial charge in [0.05, 0.1) is 6.61 Å². The van der Waals surface area contributed by atoms with Crippen molar-refractivity contribution in [1.82, 2.24) is 5.32 Å². The molecule has 1 atom stereocenters. The predicted molar refractivity (Wildman–Crippen MR) is 70.4 cm³/mol. The lowest BCUT2D eigenvalue weighted by Crippen LogP contribution is -2.33. The molecule has 17 heavy (non-hydrogen) atoms. The molecule has 1 N–H and O–H groups in total. The summed E-state index contributed by atoms with van der Waals surface area (Å²) in [5.41, 5.74) is 1.14. The van der Waals surface area contributed by atoms with E-state index in [9.17, 15) is 0 Å². The third-order valence-electron chi connectivity index (χ3n) is 2.65. The Hall–Kier alpha value is -1.06. The monoisotopic (exact) mass is 237 g/mol. The van der Waals surface area contributed by atoms with Crippen molar-refractivity contribution in [2.75, 3.05) is 20.3 Å². The van der Waals surface area contributed by atoms with E-state index in [1.807, 2.05) is 24.3 Å². The summed E-state index contributed by atoms with van der Waals surface area (Å²) in [5, 5.41) is 3.39. The second-order valence-electron chi connectivity index (χ2n) is 4.05. The van der Waals surface area contributed by atoms with Crippen LogP contribution in [-0.4, -0.2) is 26.3 Å². The molecule has 0 heterocycles. The van der Waals surface area contributed by atoms with Gasteiger partial charge in [0.1, 0.15) is 12.4 Å². The van der Waals surface area contributed by atoms with Gasteiger partial charge in [-0.1, -0.05) is 26.0 Å². The second-order valence-corrected chi connectivity index (χ2v) is 4.05. The lowest BCUT2D eigenvalue weighted by Gasteiger charge is -2.16. The van der Waals surface area contributed by atoms with Crippen LogP contribution in [0.15, 0.2) is 24.3 Å². The number of nitrogens with one attached hydrogen (secondary N) is 1. The summed E-state index contributed by atoms with van der Waals surface area (Å²) < 4.78 is 10.9. The van der Waals surface area contributed by atoms with Gasteiger partial charge in [0.2, 0.25) is 0 Å². The molecule has 96 valence electrons. The molecule has 1 aromatic rings. The van der Waals surface area contributed by atoms with Crippen LogP contribution in [0.4, 0.5) is 0 Å². The van der Waals surface area contributed by atoms with Crippen LogP contribution in [0.2, 0.25) is 0 Å². The summed E-state index contributed by atoms with van der Waals surface area (Å²) in [6.45, 7) is 6.59. The van der Waals surface area contributed by atoms with Crippen molar-refractivity contribution in [3.8, 4) is 5.75 Å². The van der Waals surface area contributed by atoms with Crippen LogP contribution in [0.1, 0.15) is 25.8 Å². The largest absolute Gasteiger partial charge is 0.492 e. The van der Waals surface area contributed by atoms with Gasteiger partial charge in [0, 0.05) is 13.2 Å². The molecule has 0 aliphatic heterocycles. The smallest absolute Gasteiger partial charge is 0.119 e. The number of benzene rings is 1. The summed E-state index contributed by atoms with van der Waals surface area (Å²) in [6, 6.07) is 8.47. The maximum absolute atomic E-state index is 5.78. The molecule has 0 aliphatic carbocycles. The van der Waals surface area contributed by atoms with Crippen molar-refractivity contribution >= 4 is 0 Å². The summed E-state index contributed by atoms with van der Waals surface area (Å²) in [7, 11) is 1.70. The van der Waals surface area contributed by atoms with E-state index in [2.05, 4.69) is 19.2 Å². The molecule has 0 bridgehead atoms. The fourth-order valence-electron chi connectivity index (χ4n) is 1.70. The Kier molecular flexibility index (Phi) is 6.67. The molecule has 0 saturated heterocycles. The van der Waals surface area contributed by atoms with E-state index < -0.39 is 0 Å². The van der Waals surface area contributed by atoms with Crippen LogP contribution in [0.5, 0.6) is 5.75 Å². The highest BCUT2D eigenvalue weighted by molar-refractivity contribution is 5.28. The maximum atomic E-state index is 5.78. The number of hydrogen-bond donors (Lipinski definition) is 1. The van der Waals surface area contributed by atoms with Gasteiger partial charge in [-0.15, -0.1) is 0 Å². The van der Waals surface area contributed by atoms with Crippen molar-refractivity contribution in [3.63, 3.8) is 0 Å². The van der Waals surface area contributed by atoms with E-state index in [0.29, 0.717) is 19.3 Å². The second kappa shape index (κ2) is 8.09. The Morgan fingerprint density at radius 1 is 1.29 bits per heavy atom. The minimum atomic E-state index is 0.422. The molecule has 0 fully saturated rings. The molecule has 0 aliphatic rings. The van der Waals surface area contributed by atoms with Crippen LogP contribution in [0, 0.1) is 0 Å². The standard InChI is InChI=1S/C14H23NO2/c1-4-13(15-5-2)11-17-14-8-6-7-12(9-14)10-16-3/h6-9,13,15H,4-5,10-11H2,1-3H3. The molecule has 0 radical (unpaired) electrons. The van der Waals surface area contributed by atoms with Gasteiger partial charge in [-0.05, 0) is 30.7 Å². The molecule has 0 spiro atoms. The Labute approximate surface area is 104 Å². The highest BCUT2D eigenvalue weighted by Crippen LogP contribution is 2.14. The number of rotatable bonds is 8. The average molecular weight is 237 g/mol. The van der Waals surface area contributed by atoms with E-state index in [4.69, 9.17) is 9.47 Å². The van der Waals surface area contributed by atoms with Gasteiger partial charge in [-0.3, -0.25) is 0 Å². The Morgan fingerprint density at radius 2 is 2.12 bits per heavy atom. The summed E-state index contributed by atoms with van der Waals surface area (Å²) in [5.74, 6) is 0.913. The van der Waals surface area contributed by atoms with Crippen molar-refractivity contribution < 1.29 is 9.47 Å². The first kappa shape index (κ1) is 14.0. The minimum absolute atomic E-state index is 0.422. The van der Waals surface area contributed by atoms with Gasteiger partial charge in [0.25, 0.3) is 0 Å². The third-order valence-corrected chi connectivity index (χ3v) is 2.65. The Bertz CT molecular complexity index is 315. The van der Waals surface area contributed by atoms with Crippen LogP contribution >= 0.6 is 0 Å². The van der Waals surface area contributed by atoms with Crippen molar-refractivity contribution in [2.45, 2.75) is 32.9 Å². The molecule has 0 amide bonds. The van der Waals surface area contributed by atoms with Gasteiger partial charge in [-0.25, -0.2) is 0 Å². The van der Waals surface area contributed by atoms with Gasteiger partial charge < -0.3 is 14.8 Å². The number of likely N-dealkylation sites (N-methyl/N-ethyl adjacent to an activating group) is 1. The zero-order valence-corrected chi connectivity index (χ0v) is 11.0. The normalized spacial score (nSPS) is 12.4. The lowest BCUT2D eigenvalue weighted by atomic mass is 10.2. The molecule has 1 aromatic carbocycles. The highest BCUT2D eigenvalue weighted by Gasteiger charge is 2.05. The predicted octanol–water partition coefficient (Wildman–Crippen LogP) is 2.60. The summed E-state index contributed by atoms with van der Waals surface area (Å²) in [6.07, 6.45) is 1.08. The fraction of sp³-hybridized carbons (Fsp3) is 0.571. The first-order valence-electron chi connectivity index (χ1n) is 6.24. The Balaban J connectivity index is 2.47. The summed E-state index contributed by atoms with van der Waals surface area (Å²) >= 11 is 0. The third kappa shape index (κ3) is 5.20. The fourth-order valence-corrected chi connectivity index (χ4v) is 1.70. The number of ether oxygens (including phenoxy) is 2. The van der Waals surface area contributed by atoms with Crippen LogP contribution in [0.3, 0.4) is 0 Å². The zero-order chi connectivity index (χ0) is 12.5. The van der Waals surface area contributed by atoms with Crippen molar-refractivity contribution in [3.05, 3.63) is 29.8 Å². The molecule has 0 aromatic heterocycles. The SMILES string of the molecule is CCNC(CC)COc1cccc(COC)c1. The minimum Gasteiger partial charge on any atom is -0.492 e. The van der Waals surface area contributed by atoms with Gasteiger partial charge in [0.15, 0.2) is 0 Å². The quantitative estimate of drug-likeness (QED) is 0.754. The maximum Gasteiger partial charge on any atom is 0.119 e. The molecule has 0 saturated carbocycles. The number of methoxy groups -OCH3 is 1. The molecule has 1 rings (SSSR count). The molecular weight excluding hydrogens is 214 g/mol. The highest BCUT2D eigenvalue weighted by atomic mass is 16.5. The Morgan fingerprint density at radius 3 is 2.76 bits per heavy atom.